The van der Waals surface area contributed by atoms with Crippen LogP contribution >= 0.6 is 0 Å². The van der Waals surface area contributed by atoms with E-state index in [9.17, 15) is 0 Å². The van der Waals surface area contributed by atoms with Crippen molar-refractivity contribution in [2.75, 3.05) is 0 Å². The third kappa shape index (κ3) is 3.44. The Labute approximate surface area is 278 Å². The van der Waals surface area contributed by atoms with Crippen molar-refractivity contribution in [1.29, 1.82) is 0 Å². The zero-order valence-corrected chi connectivity index (χ0v) is 28.2. The van der Waals surface area contributed by atoms with Gasteiger partial charge in [-0.3, -0.25) is 0 Å². The van der Waals surface area contributed by atoms with Crippen molar-refractivity contribution < 1.29 is 0 Å². The van der Waals surface area contributed by atoms with Crippen LogP contribution in [-0.4, -0.2) is 0 Å². The molecule has 2 atom stereocenters. The van der Waals surface area contributed by atoms with Crippen LogP contribution in [0.1, 0.15) is 80.8 Å². The first-order valence-corrected chi connectivity index (χ1v) is 17.4. The largest absolute Gasteiger partial charge is 0.0796 e. The second-order valence-electron chi connectivity index (χ2n) is 16.2. The van der Waals surface area contributed by atoms with Crippen LogP contribution in [0.3, 0.4) is 0 Å². The van der Waals surface area contributed by atoms with Crippen molar-refractivity contribution in [3.63, 3.8) is 0 Å². The van der Waals surface area contributed by atoms with E-state index in [1.54, 1.807) is 0 Å². The van der Waals surface area contributed by atoms with Gasteiger partial charge >= 0.3 is 0 Å². The summed E-state index contributed by atoms with van der Waals surface area (Å²) in [7, 11) is 0. The normalized spacial score (nSPS) is 21.3. The lowest BCUT2D eigenvalue weighted by Crippen LogP contribution is -2.24. The minimum Gasteiger partial charge on any atom is -0.0796 e. The van der Waals surface area contributed by atoms with E-state index in [1.165, 1.54) is 88.3 Å². The van der Waals surface area contributed by atoms with Crippen molar-refractivity contribution in [3.05, 3.63) is 155 Å². The van der Waals surface area contributed by atoms with Gasteiger partial charge in [0.05, 0.1) is 0 Å². The summed E-state index contributed by atoms with van der Waals surface area (Å²) in [6.07, 6.45) is 9.28. The molecule has 0 heteroatoms. The van der Waals surface area contributed by atoms with Gasteiger partial charge in [0.2, 0.25) is 0 Å². The molecule has 0 fully saturated rings. The zero-order chi connectivity index (χ0) is 32.0. The van der Waals surface area contributed by atoms with Gasteiger partial charge in [0, 0.05) is 16.7 Å². The van der Waals surface area contributed by atoms with Crippen molar-refractivity contribution in [1.82, 2.24) is 0 Å². The highest BCUT2D eigenvalue weighted by Crippen LogP contribution is 2.55. The Hall–Kier alpha value is -4.68. The average Bonchev–Trinajstić information content (AvgIpc) is 3.56. The van der Waals surface area contributed by atoms with Crippen LogP contribution < -0.4 is 0 Å². The highest BCUT2D eigenvalue weighted by Gasteiger charge is 2.44. The van der Waals surface area contributed by atoms with E-state index in [-0.39, 0.29) is 16.2 Å². The maximum absolute atomic E-state index is 2.51. The second-order valence-corrected chi connectivity index (χ2v) is 16.2. The smallest absolute Gasteiger partial charge is 0.0159 e. The van der Waals surface area contributed by atoms with Crippen LogP contribution in [0.2, 0.25) is 0 Å². The van der Waals surface area contributed by atoms with E-state index < -0.39 is 0 Å². The quantitative estimate of drug-likeness (QED) is 0.173. The molecule has 0 radical (unpaired) electrons. The van der Waals surface area contributed by atoms with Gasteiger partial charge in [-0.15, -0.1) is 0 Å². The molecule has 6 aromatic carbocycles. The van der Waals surface area contributed by atoms with E-state index in [1.807, 2.05) is 0 Å². The predicted molar refractivity (Wildman–Crippen MR) is 200 cm³/mol. The van der Waals surface area contributed by atoms with E-state index in [0.29, 0.717) is 11.8 Å². The summed E-state index contributed by atoms with van der Waals surface area (Å²) in [5, 5.41) is 5.56. The van der Waals surface area contributed by atoms with Gasteiger partial charge in [-0.2, -0.15) is 0 Å². The standard InChI is InChI=1S/C47H40/c1-45(2)37-13-9-7-11-33(37)35-19-17-27(23-39(35)45)31-21-29-15-16-30-22-32(26-42-44(30)43(29)41(25-31)47(42,5)6)28-18-20-36-34-12-8-10-14-38(34)46(3,4)40(36)24-28/h7-26,33,37H,1-6H3. The molecule has 0 N–H and O–H groups in total. The first-order valence-electron chi connectivity index (χ1n) is 17.4. The lowest BCUT2D eigenvalue weighted by molar-refractivity contribution is 0.394. The molecule has 10 rings (SSSR count). The van der Waals surface area contributed by atoms with Gasteiger partial charge in [0.25, 0.3) is 0 Å². The van der Waals surface area contributed by atoms with Crippen molar-refractivity contribution in [2.45, 2.75) is 63.7 Å². The molecule has 47 heavy (non-hydrogen) atoms. The van der Waals surface area contributed by atoms with Gasteiger partial charge in [0.15, 0.2) is 0 Å². The summed E-state index contributed by atoms with van der Waals surface area (Å²) < 4.78 is 0. The molecule has 0 saturated heterocycles. The Kier molecular flexibility index (Phi) is 5.14. The summed E-state index contributed by atoms with van der Waals surface area (Å²) in [6, 6.07) is 38.0. The topological polar surface area (TPSA) is 0 Å². The fourth-order valence-electron chi connectivity index (χ4n) is 10.0. The minimum atomic E-state index is -0.0982. The Morgan fingerprint density at radius 2 is 1.00 bits per heavy atom. The molecule has 0 amide bonds. The number of rotatable bonds is 2. The first kappa shape index (κ1) is 27.4. The molecule has 0 heterocycles. The molecule has 4 aliphatic rings. The van der Waals surface area contributed by atoms with Crippen molar-refractivity contribution in [3.8, 4) is 33.4 Å². The van der Waals surface area contributed by atoms with Gasteiger partial charge in [-0.1, -0.05) is 133 Å². The summed E-state index contributed by atoms with van der Waals surface area (Å²) in [5.74, 6) is 1.01. The van der Waals surface area contributed by atoms with Crippen LogP contribution in [0.5, 0.6) is 0 Å². The highest BCUT2D eigenvalue weighted by atomic mass is 14.5. The predicted octanol–water partition coefficient (Wildman–Crippen LogP) is 12.4. The molecular weight excluding hydrogens is 565 g/mol. The van der Waals surface area contributed by atoms with Crippen LogP contribution in [0.4, 0.5) is 0 Å². The monoisotopic (exact) mass is 604 g/mol. The fourth-order valence-corrected chi connectivity index (χ4v) is 10.0. The van der Waals surface area contributed by atoms with Gasteiger partial charge in [-0.25, -0.2) is 0 Å². The number of benzene rings is 6. The Morgan fingerprint density at radius 1 is 0.447 bits per heavy atom. The maximum atomic E-state index is 2.51. The van der Waals surface area contributed by atoms with Crippen LogP contribution in [0.25, 0.3) is 54.9 Å². The van der Waals surface area contributed by atoms with Gasteiger partial charge in [0.1, 0.15) is 0 Å². The highest BCUT2D eigenvalue weighted by molar-refractivity contribution is 6.16. The van der Waals surface area contributed by atoms with E-state index in [0.717, 1.165) is 0 Å². The van der Waals surface area contributed by atoms with E-state index >= 15 is 0 Å². The maximum Gasteiger partial charge on any atom is 0.0159 e. The minimum absolute atomic E-state index is 0.00811. The third-order valence-electron chi connectivity index (χ3n) is 12.7. The van der Waals surface area contributed by atoms with E-state index in [4.69, 9.17) is 0 Å². The lowest BCUT2D eigenvalue weighted by Gasteiger charge is -2.29. The molecule has 2 unspecified atom stereocenters. The first-order chi connectivity index (χ1) is 22.5. The molecule has 0 aromatic heterocycles. The SMILES string of the molecule is CC1(C)c2ccccc2-c2ccc(-c3cc4c5c(ccc6cc(-c7ccc8c(c7)C(C)(C)C7C=CC=CC87)cc(c65)C4(C)C)c3)cc21. The Balaban J connectivity index is 1.10. The van der Waals surface area contributed by atoms with E-state index in [2.05, 4.69) is 163 Å². The molecule has 0 spiro atoms. The summed E-state index contributed by atoms with van der Waals surface area (Å²) >= 11 is 0. The fraction of sp³-hybridized carbons (Fsp3) is 0.234. The van der Waals surface area contributed by atoms with Crippen LogP contribution in [0, 0.1) is 5.92 Å². The molecule has 0 bridgehead atoms. The molecule has 0 nitrogen and oxygen atoms in total. The van der Waals surface area contributed by atoms with Gasteiger partial charge < -0.3 is 0 Å². The summed E-state index contributed by atoms with van der Waals surface area (Å²) in [6.45, 7) is 14.5. The molecule has 0 saturated carbocycles. The van der Waals surface area contributed by atoms with Crippen LogP contribution in [0.15, 0.2) is 121 Å². The average molecular weight is 605 g/mol. The molecular formula is C47H40. The lowest BCUT2D eigenvalue weighted by atomic mass is 9.74. The number of hydrogen-bond acceptors (Lipinski definition) is 0. The second kappa shape index (κ2) is 8.81. The summed E-state index contributed by atoms with van der Waals surface area (Å²) in [4.78, 5) is 0. The summed E-state index contributed by atoms with van der Waals surface area (Å²) in [5.41, 5.74) is 16.8. The zero-order valence-electron chi connectivity index (χ0n) is 28.2. The number of fused-ring (bicyclic) bond motifs is 6. The third-order valence-corrected chi connectivity index (χ3v) is 12.7. The number of allylic oxidation sites excluding steroid dienone is 4. The van der Waals surface area contributed by atoms with Crippen molar-refractivity contribution >= 4 is 21.5 Å². The number of hydrogen-bond donors (Lipinski definition) is 0. The van der Waals surface area contributed by atoms with Crippen molar-refractivity contribution in [2.24, 2.45) is 5.92 Å². The Morgan fingerprint density at radius 3 is 1.70 bits per heavy atom. The van der Waals surface area contributed by atoms with Gasteiger partial charge in [-0.05, 0) is 130 Å². The molecule has 0 aliphatic heterocycles. The molecule has 6 aromatic rings. The molecule has 228 valence electrons. The van der Waals surface area contributed by atoms with Crippen LogP contribution in [-0.2, 0) is 16.2 Å². The Bertz CT molecular complexity index is 2440. The molecule has 4 aliphatic carbocycles.